The van der Waals surface area contributed by atoms with Crippen LogP contribution in [0.4, 0.5) is 0 Å². The number of carbonyl (C=O) groups excluding carboxylic acids is 1. The number of amides is 1. The first kappa shape index (κ1) is 18.1. The zero-order valence-corrected chi connectivity index (χ0v) is 16.3. The van der Waals surface area contributed by atoms with Gasteiger partial charge in [0.25, 0.3) is 5.91 Å². The van der Waals surface area contributed by atoms with Crippen LogP contribution in [0.2, 0.25) is 0 Å². The summed E-state index contributed by atoms with van der Waals surface area (Å²) in [6.45, 7) is 5.54. The van der Waals surface area contributed by atoms with Gasteiger partial charge in [-0.2, -0.15) is 0 Å². The molecule has 0 N–H and O–H groups in total. The average molecular weight is 392 g/mol. The molecule has 0 unspecified atom stereocenters. The molecule has 0 bridgehead atoms. The Bertz CT molecular complexity index is 948. The summed E-state index contributed by atoms with van der Waals surface area (Å²) in [6.07, 6.45) is 1.96. The number of benzene rings is 2. The molecular formula is C23H24N2O4. The number of nitrogens with zero attached hydrogens (tertiary/aromatic N) is 2. The average Bonchev–Trinajstić information content (AvgIpc) is 2.79. The summed E-state index contributed by atoms with van der Waals surface area (Å²) < 4.78 is 17.0. The molecule has 3 heterocycles. The second-order valence-corrected chi connectivity index (χ2v) is 7.54. The zero-order chi connectivity index (χ0) is 19.6. The van der Waals surface area contributed by atoms with Crippen molar-refractivity contribution < 1.29 is 19.0 Å². The van der Waals surface area contributed by atoms with Crippen molar-refractivity contribution in [1.82, 2.24) is 9.80 Å². The minimum atomic E-state index is 0.0819. The van der Waals surface area contributed by atoms with Crippen LogP contribution in [-0.2, 0) is 11.3 Å². The number of rotatable bonds is 3. The van der Waals surface area contributed by atoms with E-state index in [1.807, 2.05) is 41.3 Å². The number of carbonyl (C=O) groups is 1. The molecule has 150 valence electrons. The maximum atomic E-state index is 12.9. The highest BCUT2D eigenvalue weighted by molar-refractivity contribution is 5.99. The van der Waals surface area contributed by atoms with Gasteiger partial charge < -0.3 is 19.1 Å². The van der Waals surface area contributed by atoms with Crippen LogP contribution in [-0.4, -0.2) is 61.7 Å². The van der Waals surface area contributed by atoms with E-state index in [-0.39, 0.29) is 5.91 Å². The molecule has 0 atom stereocenters. The first-order chi connectivity index (χ1) is 14.3. The van der Waals surface area contributed by atoms with Crippen molar-refractivity contribution in [2.75, 3.05) is 46.0 Å². The third-order valence-electron chi connectivity index (χ3n) is 5.58. The molecule has 3 aliphatic rings. The predicted molar refractivity (Wildman–Crippen MR) is 109 cm³/mol. The predicted octanol–water partition coefficient (Wildman–Crippen LogP) is 2.58. The van der Waals surface area contributed by atoms with Gasteiger partial charge in [0.05, 0.1) is 5.57 Å². The Labute approximate surface area is 170 Å². The van der Waals surface area contributed by atoms with Gasteiger partial charge in [0.2, 0.25) is 0 Å². The summed E-state index contributed by atoms with van der Waals surface area (Å²) in [4.78, 5) is 17.2. The lowest BCUT2D eigenvalue weighted by Gasteiger charge is -2.35. The van der Waals surface area contributed by atoms with Crippen LogP contribution in [0.3, 0.4) is 0 Å². The molecule has 2 aromatic carbocycles. The quantitative estimate of drug-likeness (QED) is 0.804. The molecule has 6 heteroatoms. The fourth-order valence-corrected chi connectivity index (χ4v) is 4.00. The van der Waals surface area contributed by atoms with E-state index in [0.717, 1.165) is 61.1 Å². The van der Waals surface area contributed by atoms with Crippen LogP contribution in [0, 0.1) is 0 Å². The van der Waals surface area contributed by atoms with Crippen molar-refractivity contribution in [3.05, 3.63) is 59.2 Å². The van der Waals surface area contributed by atoms with E-state index < -0.39 is 0 Å². The van der Waals surface area contributed by atoms with Gasteiger partial charge in [-0.25, -0.2) is 0 Å². The van der Waals surface area contributed by atoms with E-state index in [4.69, 9.17) is 14.2 Å². The third kappa shape index (κ3) is 3.80. The smallest absolute Gasteiger partial charge is 0.253 e. The molecule has 0 aromatic heterocycles. The normalized spacial score (nSPS) is 18.5. The largest absolute Gasteiger partial charge is 0.488 e. The van der Waals surface area contributed by atoms with E-state index in [1.54, 1.807) is 0 Å². The highest BCUT2D eigenvalue weighted by Gasteiger charge is 2.26. The third-order valence-corrected chi connectivity index (χ3v) is 5.58. The number of hydrogen-bond donors (Lipinski definition) is 0. The monoisotopic (exact) mass is 392 g/mol. The van der Waals surface area contributed by atoms with E-state index in [2.05, 4.69) is 17.0 Å². The van der Waals surface area contributed by atoms with Crippen LogP contribution in [0.25, 0.3) is 6.08 Å². The number of hydrogen-bond acceptors (Lipinski definition) is 5. The first-order valence-electron chi connectivity index (χ1n) is 10.1. The molecule has 1 saturated heterocycles. The Balaban J connectivity index is 1.19. The van der Waals surface area contributed by atoms with Gasteiger partial charge in [-0.15, -0.1) is 0 Å². The van der Waals surface area contributed by atoms with Gasteiger partial charge in [-0.3, -0.25) is 9.69 Å². The summed E-state index contributed by atoms with van der Waals surface area (Å²) in [5, 5.41) is 0. The molecular weight excluding hydrogens is 368 g/mol. The molecule has 6 nitrogen and oxygen atoms in total. The van der Waals surface area contributed by atoms with Gasteiger partial charge in [-0.1, -0.05) is 24.3 Å². The number of piperazine rings is 1. The van der Waals surface area contributed by atoms with Crippen molar-refractivity contribution in [3.8, 4) is 17.2 Å². The Morgan fingerprint density at radius 2 is 1.66 bits per heavy atom. The van der Waals surface area contributed by atoms with Crippen LogP contribution in [0.5, 0.6) is 17.2 Å². The second-order valence-electron chi connectivity index (χ2n) is 7.54. The van der Waals surface area contributed by atoms with Crippen LogP contribution >= 0.6 is 0 Å². The highest BCUT2D eigenvalue weighted by atomic mass is 16.6. The second kappa shape index (κ2) is 7.79. The number of para-hydroxylation sites is 1. The summed E-state index contributed by atoms with van der Waals surface area (Å²) >= 11 is 0. The molecule has 2 aromatic rings. The maximum Gasteiger partial charge on any atom is 0.253 e. The van der Waals surface area contributed by atoms with Gasteiger partial charge in [0.15, 0.2) is 11.5 Å². The van der Waals surface area contributed by atoms with Crippen molar-refractivity contribution in [3.63, 3.8) is 0 Å². The maximum absolute atomic E-state index is 12.9. The highest BCUT2D eigenvalue weighted by Crippen LogP contribution is 2.31. The molecule has 1 fully saturated rings. The number of ether oxygens (including phenoxy) is 3. The van der Waals surface area contributed by atoms with Gasteiger partial charge in [-0.05, 0) is 29.8 Å². The van der Waals surface area contributed by atoms with Gasteiger partial charge in [0, 0.05) is 38.3 Å². The van der Waals surface area contributed by atoms with Crippen molar-refractivity contribution in [1.29, 1.82) is 0 Å². The zero-order valence-electron chi connectivity index (χ0n) is 16.3. The van der Waals surface area contributed by atoms with Crippen molar-refractivity contribution >= 4 is 12.0 Å². The topological polar surface area (TPSA) is 51.2 Å². The first-order valence-corrected chi connectivity index (χ1v) is 10.1. The van der Waals surface area contributed by atoms with Crippen molar-refractivity contribution in [2.45, 2.75) is 6.54 Å². The molecule has 0 spiro atoms. The summed E-state index contributed by atoms with van der Waals surface area (Å²) in [7, 11) is 0. The van der Waals surface area contributed by atoms with Crippen LogP contribution in [0.15, 0.2) is 48.0 Å². The lowest BCUT2D eigenvalue weighted by Crippen LogP contribution is -2.49. The Morgan fingerprint density at radius 1 is 0.862 bits per heavy atom. The summed E-state index contributed by atoms with van der Waals surface area (Å²) in [6, 6.07) is 14.0. The molecule has 29 heavy (non-hydrogen) atoms. The summed E-state index contributed by atoms with van der Waals surface area (Å²) in [5.41, 5.74) is 2.90. The van der Waals surface area contributed by atoms with Crippen LogP contribution in [0.1, 0.15) is 11.1 Å². The Hall–Kier alpha value is -2.99. The SMILES string of the molecule is O=C(C1=Cc2ccccc2OC1)N1CCN(Cc2ccc3c(c2)OCCO3)CC1. The Morgan fingerprint density at radius 3 is 2.52 bits per heavy atom. The van der Waals surface area contributed by atoms with Crippen LogP contribution < -0.4 is 14.2 Å². The van der Waals surface area contributed by atoms with E-state index in [9.17, 15) is 4.79 Å². The van der Waals surface area contributed by atoms with Crippen molar-refractivity contribution in [2.24, 2.45) is 0 Å². The lowest BCUT2D eigenvalue weighted by molar-refractivity contribution is -0.129. The molecule has 5 rings (SSSR count). The molecule has 0 radical (unpaired) electrons. The van der Waals surface area contributed by atoms with E-state index in [0.29, 0.717) is 19.8 Å². The minimum absolute atomic E-state index is 0.0819. The fourth-order valence-electron chi connectivity index (χ4n) is 4.00. The molecule has 0 aliphatic carbocycles. The van der Waals surface area contributed by atoms with Gasteiger partial charge >= 0.3 is 0 Å². The van der Waals surface area contributed by atoms with E-state index in [1.165, 1.54) is 5.56 Å². The summed E-state index contributed by atoms with van der Waals surface area (Å²) in [5.74, 6) is 2.57. The standard InChI is InChI=1S/C23H24N2O4/c26-23(19-14-18-3-1-2-4-20(18)29-16-19)25-9-7-24(8-10-25)15-17-5-6-21-22(13-17)28-12-11-27-21/h1-6,13-14H,7-12,15-16H2. The molecule has 1 amide bonds. The lowest BCUT2D eigenvalue weighted by atomic mass is 10.1. The Kier molecular flexibility index (Phi) is 4.86. The fraction of sp³-hybridized carbons (Fsp3) is 0.348. The van der Waals surface area contributed by atoms with Gasteiger partial charge in [0.1, 0.15) is 25.6 Å². The van der Waals surface area contributed by atoms with E-state index >= 15 is 0 Å². The molecule has 0 saturated carbocycles. The molecule has 3 aliphatic heterocycles. The minimum Gasteiger partial charge on any atom is -0.488 e. The number of fused-ring (bicyclic) bond motifs is 2.